The molecule has 1 atom stereocenters. The third-order valence-corrected chi connectivity index (χ3v) is 4.14. The molecule has 0 spiro atoms. The highest BCUT2D eigenvalue weighted by molar-refractivity contribution is 7.89. The maximum absolute atomic E-state index is 12.0. The van der Waals surface area contributed by atoms with Gasteiger partial charge in [0.05, 0.1) is 12.9 Å². The van der Waals surface area contributed by atoms with Crippen LogP contribution in [0.2, 0.25) is 0 Å². The molecule has 0 bridgehead atoms. The van der Waals surface area contributed by atoms with E-state index < -0.39 is 21.5 Å². The van der Waals surface area contributed by atoms with Crippen LogP contribution in [-0.4, -0.2) is 47.8 Å². The quantitative estimate of drug-likeness (QED) is 0.725. The second kappa shape index (κ2) is 4.34. The number of hydrogen-bond donors (Lipinski definition) is 2. The molecule has 0 saturated carbocycles. The van der Waals surface area contributed by atoms with Crippen molar-refractivity contribution in [2.75, 3.05) is 13.2 Å². The first-order chi connectivity index (χ1) is 8.36. The van der Waals surface area contributed by atoms with Crippen LogP contribution in [0.5, 0.6) is 0 Å². The predicted molar refractivity (Wildman–Crippen MR) is 59.3 cm³/mol. The van der Waals surface area contributed by atoms with Crippen molar-refractivity contribution in [3.05, 3.63) is 12.5 Å². The molecule has 1 unspecified atom stereocenters. The number of rotatable bonds is 4. The number of ether oxygens (including phenoxy) is 1. The zero-order chi connectivity index (χ0) is 13.4. The Morgan fingerprint density at radius 3 is 2.83 bits per heavy atom. The number of aromatic nitrogens is 2. The smallest absolute Gasteiger partial charge is 0.327 e. The standard InChI is InChI=1S/C9H13N3O5S/c1-12-4-7(10-6-12)18(15,16)11-9(8(13)14)2-3-17-5-9/h4,6,11H,2-3,5H2,1H3,(H,13,14). The van der Waals surface area contributed by atoms with E-state index in [1.165, 1.54) is 17.1 Å². The molecule has 0 aliphatic carbocycles. The molecule has 8 nitrogen and oxygen atoms in total. The average molecular weight is 275 g/mol. The van der Waals surface area contributed by atoms with Gasteiger partial charge in [-0.05, 0) is 0 Å². The minimum absolute atomic E-state index is 0.0917. The molecule has 2 heterocycles. The Labute approximate surface area is 104 Å². The highest BCUT2D eigenvalue weighted by Gasteiger charge is 2.46. The normalized spacial score (nSPS) is 24.3. The Hall–Kier alpha value is -1.45. The number of nitrogens with zero attached hydrogens (tertiary/aromatic N) is 2. The Balaban J connectivity index is 2.29. The van der Waals surface area contributed by atoms with E-state index in [-0.39, 0.29) is 24.7 Å². The van der Waals surface area contributed by atoms with Crippen molar-refractivity contribution < 1.29 is 23.1 Å². The van der Waals surface area contributed by atoms with Crippen molar-refractivity contribution in [1.82, 2.24) is 14.3 Å². The van der Waals surface area contributed by atoms with E-state index in [9.17, 15) is 13.2 Å². The highest BCUT2D eigenvalue weighted by Crippen LogP contribution is 2.21. The van der Waals surface area contributed by atoms with E-state index >= 15 is 0 Å². The Kier molecular flexibility index (Phi) is 3.13. The van der Waals surface area contributed by atoms with Crippen molar-refractivity contribution in [2.45, 2.75) is 17.0 Å². The van der Waals surface area contributed by atoms with Gasteiger partial charge in [-0.25, -0.2) is 13.4 Å². The maximum Gasteiger partial charge on any atom is 0.327 e. The van der Waals surface area contributed by atoms with Gasteiger partial charge in [0.2, 0.25) is 0 Å². The van der Waals surface area contributed by atoms with Gasteiger partial charge in [-0.15, -0.1) is 0 Å². The molecule has 1 aromatic rings. The van der Waals surface area contributed by atoms with Crippen LogP contribution in [0.25, 0.3) is 0 Å². The van der Waals surface area contributed by atoms with Crippen LogP contribution in [0.4, 0.5) is 0 Å². The molecule has 1 saturated heterocycles. The first-order valence-electron chi connectivity index (χ1n) is 5.19. The van der Waals surface area contributed by atoms with E-state index in [0.29, 0.717) is 0 Å². The van der Waals surface area contributed by atoms with Gasteiger partial charge in [0.1, 0.15) is 0 Å². The van der Waals surface area contributed by atoms with Crippen LogP contribution in [0.3, 0.4) is 0 Å². The first kappa shape index (κ1) is 13.0. The fourth-order valence-corrected chi connectivity index (χ4v) is 3.05. The van der Waals surface area contributed by atoms with E-state index in [1.807, 2.05) is 0 Å². The number of hydrogen-bond acceptors (Lipinski definition) is 5. The molecule has 100 valence electrons. The van der Waals surface area contributed by atoms with E-state index in [2.05, 4.69) is 9.71 Å². The van der Waals surface area contributed by atoms with Crippen LogP contribution in [0.1, 0.15) is 6.42 Å². The average Bonchev–Trinajstić information content (AvgIpc) is 2.87. The summed E-state index contributed by atoms with van der Waals surface area (Å²) < 4.78 is 32.6. The summed E-state index contributed by atoms with van der Waals surface area (Å²) in [6.45, 7) is 0.0193. The molecule has 1 aliphatic rings. The van der Waals surface area contributed by atoms with Gasteiger partial charge in [0, 0.05) is 26.3 Å². The summed E-state index contributed by atoms with van der Waals surface area (Å²) in [7, 11) is -2.35. The van der Waals surface area contributed by atoms with E-state index in [0.717, 1.165) is 0 Å². The molecule has 1 aromatic heterocycles. The van der Waals surface area contributed by atoms with Crippen molar-refractivity contribution >= 4 is 16.0 Å². The zero-order valence-electron chi connectivity index (χ0n) is 9.66. The van der Waals surface area contributed by atoms with Crippen molar-refractivity contribution in [3.8, 4) is 0 Å². The van der Waals surface area contributed by atoms with Crippen LogP contribution >= 0.6 is 0 Å². The summed E-state index contributed by atoms with van der Waals surface area (Å²) >= 11 is 0. The second-order valence-corrected chi connectivity index (χ2v) is 5.80. The van der Waals surface area contributed by atoms with Gasteiger partial charge in [-0.2, -0.15) is 4.72 Å². The third kappa shape index (κ3) is 2.24. The largest absolute Gasteiger partial charge is 0.480 e. The Morgan fingerprint density at radius 2 is 2.39 bits per heavy atom. The number of nitrogens with one attached hydrogen (secondary N) is 1. The molecule has 9 heteroatoms. The molecular weight excluding hydrogens is 262 g/mol. The lowest BCUT2D eigenvalue weighted by molar-refractivity contribution is -0.144. The van der Waals surface area contributed by atoms with Crippen molar-refractivity contribution in [3.63, 3.8) is 0 Å². The molecule has 0 amide bonds. The minimum atomic E-state index is -3.97. The van der Waals surface area contributed by atoms with Gasteiger partial charge in [0.15, 0.2) is 10.6 Å². The molecule has 0 aromatic carbocycles. The topological polar surface area (TPSA) is 111 Å². The number of aliphatic carboxylic acids is 1. The highest BCUT2D eigenvalue weighted by atomic mass is 32.2. The monoisotopic (exact) mass is 275 g/mol. The second-order valence-electron chi connectivity index (χ2n) is 4.17. The molecule has 2 rings (SSSR count). The third-order valence-electron chi connectivity index (χ3n) is 2.72. The lowest BCUT2D eigenvalue weighted by Gasteiger charge is -2.22. The van der Waals surface area contributed by atoms with Gasteiger partial charge >= 0.3 is 5.97 Å². The molecular formula is C9H13N3O5S. The first-order valence-corrected chi connectivity index (χ1v) is 6.67. The predicted octanol–water partition coefficient (Wildman–Crippen LogP) is -1.06. The van der Waals surface area contributed by atoms with E-state index in [4.69, 9.17) is 9.84 Å². The molecule has 18 heavy (non-hydrogen) atoms. The molecule has 1 aliphatic heterocycles. The lowest BCUT2D eigenvalue weighted by Crippen LogP contribution is -2.55. The SMILES string of the molecule is Cn1cnc(S(=O)(=O)NC2(C(=O)O)CCOC2)c1. The molecule has 1 fully saturated rings. The number of carbonyl (C=O) groups is 1. The van der Waals surface area contributed by atoms with Crippen molar-refractivity contribution in [2.24, 2.45) is 7.05 Å². The fraction of sp³-hybridized carbons (Fsp3) is 0.556. The van der Waals surface area contributed by atoms with E-state index in [1.54, 1.807) is 7.05 Å². The van der Waals surface area contributed by atoms with Crippen LogP contribution in [0, 0.1) is 0 Å². The Morgan fingerprint density at radius 1 is 1.67 bits per heavy atom. The summed E-state index contributed by atoms with van der Waals surface area (Å²) in [6.07, 6.45) is 2.72. The van der Waals surface area contributed by atoms with Gasteiger partial charge < -0.3 is 14.4 Å². The summed E-state index contributed by atoms with van der Waals surface area (Å²) in [5.41, 5.74) is -1.60. The van der Waals surface area contributed by atoms with Gasteiger partial charge in [0.25, 0.3) is 10.0 Å². The summed E-state index contributed by atoms with van der Waals surface area (Å²) in [4.78, 5) is 14.9. The minimum Gasteiger partial charge on any atom is -0.480 e. The van der Waals surface area contributed by atoms with Crippen LogP contribution in [0.15, 0.2) is 17.6 Å². The maximum atomic E-state index is 12.0. The zero-order valence-corrected chi connectivity index (χ0v) is 10.5. The van der Waals surface area contributed by atoms with Crippen LogP contribution in [-0.2, 0) is 26.6 Å². The summed E-state index contributed by atoms with van der Waals surface area (Å²) in [6, 6.07) is 0. The number of carboxylic acid groups (broad SMARTS) is 1. The van der Waals surface area contributed by atoms with Crippen molar-refractivity contribution in [1.29, 1.82) is 0 Å². The number of aryl methyl sites for hydroxylation is 1. The number of carboxylic acids is 1. The fourth-order valence-electron chi connectivity index (χ4n) is 1.69. The number of sulfonamides is 1. The lowest BCUT2D eigenvalue weighted by atomic mass is 10.0. The number of imidazole rings is 1. The molecule has 0 radical (unpaired) electrons. The van der Waals surface area contributed by atoms with Crippen LogP contribution < -0.4 is 4.72 Å². The van der Waals surface area contributed by atoms with Gasteiger partial charge in [-0.1, -0.05) is 0 Å². The van der Waals surface area contributed by atoms with Gasteiger partial charge in [-0.3, -0.25) is 4.79 Å². The summed E-state index contributed by atoms with van der Waals surface area (Å²) in [5, 5.41) is 8.94. The molecule has 2 N–H and O–H groups in total. The summed E-state index contributed by atoms with van der Waals surface area (Å²) in [5.74, 6) is -1.25. The Bertz CT molecular complexity index is 559.